The average molecular weight is 282 g/mol. The van der Waals surface area contributed by atoms with Crippen LogP contribution < -0.4 is 15.1 Å². The molecule has 0 aliphatic carbocycles. The van der Waals surface area contributed by atoms with Gasteiger partial charge in [0.15, 0.2) is 5.11 Å². The number of thiocarbonyl (C=S) groups is 1. The van der Waals surface area contributed by atoms with E-state index in [0.29, 0.717) is 0 Å². The van der Waals surface area contributed by atoms with Crippen LogP contribution in [-0.2, 0) is 0 Å². The number of fused-ring (bicyclic) bond motifs is 1. The number of thioether (sulfide) groups is 1. The van der Waals surface area contributed by atoms with E-state index >= 15 is 0 Å². The molecule has 0 aromatic heterocycles. The summed E-state index contributed by atoms with van der Waals surface area (Å²) in [6.45, 7) is 2.99. The molecule has 2 rings (SSSR count). The topological polar surface area (TPSA) is 19.7 Å². The maximum atomic E-state index is 5.50. The van der Waals surface area contributed by atoms with Gasteiger partial charge >= 0.3 is 0 Å². The number of anilines is 1. The summed E-state index contributed by atoms with van der Waals surface area (Å²) in [6, 6.07) is 8.47. The summed E-state index contributed by atoms with van der Waals surface area (Å²) in [5, 5.41) is 4.20. The van der Waals surface area contributed by atoms with Crippen molar-refractivity contribution < 1.29 is 4.90 Å². The van der Waals surface area contributed by atoms with Gasteiger partial charge in [-0.25, -0.2) is 0 Å². The third kappa shape index (κ3) is 3.37. The fraction of sp³-hybridized carbons (Fsp3) is 0.462. The summed E-state index contributed by atoms with van der Waals surface area (Å²) in [4.78, 5) is 4.97. The minimum Gasteiger partial charge on any atom is -0.357 e. The molecule has 1 aliphatic rings. The number of para-hydroxylation sites is 1. The van der Waals surface area contributed by atoms with E-state index in [1.165, 1.54) is 15.5 Å². The van der Waals surface area contributed by atoms with Crippen LogP contribution >= 0.6 is 24.0 Å². The molecule has 2 N–H and O–H groups in total. The normalized spacial score (nSPS) is 14.5. The van der Waals surface area contributed by atoms with E-state index in [0.717, 1.165) is 30.5 Å². The highest BCUT2D eigenvalue weighted by atomic mass is 32.2. The largest absolute Gasteiger partial charge is 0.357 e. The van der Waals surface area contributed by atoms with Gasteiger partial charge in [-0.3, -0.25) is 0 Å². The van der Waals surface area contributed by atoms with Crippen LogP contribution in [0.4, 0.5) is 5.69 Å². The van der Waals surface area contributed by atoms with Crippen molar-refractivity contribution in [2.45, 2.75) is 4.90 Å². The van der Waals surface area contributed by atoms with Gasteiger partial charge < -0.3 is 15.1 Å². The van der Waals surface area contributed by atoms with E-state index in [9.17, 15) is 0 Å². The molecular weight excluding hydrogens is 262 g/mol. The fourth-order valence-electron chi connectivity index (χ4n) is 1.90. The molecule has 0 spiro atoms. The minimum atomic E-state index is 0.851. The lowest BCUT2D eigenvalue weighted by Gasteiger charge is -2.31. The third-order valence-corrected chi connectivity index (χ3v) is 4.28. The quantitative estimate of drug-likeness (QED) is 0.792. The molecule has 1 aliphatic heterocycles. The van der Waals surface area contributed by atoms with Crippen LogP contribution in [-0.4, -0.2) is 44.6 Å². The number of benzene rings is 1. The molecule has 3 nitrogen and oxygen atoms in total. The van der Waals surface area contributed by atoms with Crippen LogP contribution in [0.5, 0.6) is 0 Å². The highest BCUT2D eigenvalue weighted by molar-refractivity contribution is 7.99. The van der Waals surface area contributed by atoms with Gasteiger partial charge in [-0.2, -0.15) is 0 Å². The molecule has 0 amide bonds. The van der Waals surface area contributed by atoms with Crippen molar-refractivity contribution in [1.82, 2.24) is 5.32 Å². The molecule has 0 bridgehead atoms. The van der Waals surface area contributed by atoms with Gasteiger partial charge in [0.05, 0.1) is 32.9 Å². The average Bonchev–Trinajstić information content (AvgIpc) is 2.37. The predicted octanol–water partition coefficient (Wildman–Crippen LogP) is 0.618. The number of nitrogens with zero attached hydrogens (tertiary/aromatic N) is 1. The first-order chi connectivity index (χ1) is 8.68. The predicted molar refractivity (Wildman–Crippen MR) is 82.8 cm³/mol. The summed E-state index contributed by atoms with van der Waals surface area (Å²) < 4.78 is 0. The number of hydrogen-bond donors (Lipinski definition) is 2. The van der Waals surface area contributed by atoms with Crippen LogP contribution in [0, 0.1) is 0 Å². The van der Waals surface area contributed by atoms with E-state index in [-0.39, 0.29) is 0 Å². The molecular formula is C13H20N3S2+. The Morgan fingerprint density at radius 3 is 3.00 bits per heavy atom. The van der Waals surface area contributed by atoms with Crippen LogP contribution in [0.3, 0.4) is 0 Å². The molecule has 1 aromatic rings. The Bertz CT molecular complexity index is 420. The molecule has 5 heteroatoms. The molecule has 0 unspecified atom stereocenters. The number of rotatable bonds is 3. The Hall–Kier alpha value is -0.780. The second-order valence-electron chi connectivity index (χ2n) is 4.66. The standard InChI is InChI=1S/C13H19N3S2/c1-15(2)8-7-14-13(17)16-9-10-18-12-6-4-3-5-11(12)16/h3-6H,7-10H2,1-2H3,(H,14,17)/p+1. The Morgan fingerprint density at radius 2 is 2.22 bits per heavy atom. The number of hydrogen-bond acceptors (Lipinski definition) is 2. The highest BCUT2D eigenvalue weighted by Crippen LogP contribution is 2.34. The molecule has 18 heavy (non-hydrogen) atoms. The summed E-state index contributed by atoms with van der Waals surface area (Å²) in [5.74, 6) is 1.10. The monoisotopic (exact) mass is 282 g/mol. The lowest BCUT2D eigenvalue weighted by molar-refractivity contribution is -0.856. The zero-order valence-electron chi connectivity index (χ0n) is 10.9. The first kappa shape index (κ1) is 13.6. The van der Waals surface area contributed by atoms with Crippen molar-refractivity contribution in [3.05, 3.63) is 24.3 Å². The zero-order valence-corrected chi connectivity index (χ0v) is 12.5. The van der Waals surface area contributed by atoms with Crippen molar-refractivity contribution in [2.75, 3.05) is 44.4 Å². The third-order valence-electron chi connectivity index (χ3n) is 2.87. The van der Waals surface area contributed by atoms with E-state index in [4.69, 9.17) is 12.2 Å². The molecule has 1 aromatic carbocycles. The SMILES string of the molecule is C[NH+](C)CCNC(=S)N1CCSc2ccccc21. The smallest absolute Gasteiger partial charge is 0.173 e. The number of nitrogens with one attached hydrogen (secondary N) is 2. The summed E-state index contributed by atoms with van der Waals surface area (Å²) >= 11 is 7.40. The molecule has 0 fully saturated rings. The van der Waals surface area contributed by atoms with E-state index in [1.54, 1.807) is 0 Å². The van der Waals surface area contributed by atoms with E-state index < -0.39 is 0 Å². The first-order valence-electron chi connectivity index (χ1n) is 6.24. The van der Waals surface area contributed by atoms with Crippen LogP contribution in [0.1, 0.15) is 0 Å². The molecule has 0 saturated carbocycles. The minimum absolute atomic E-state index is 0.851. The van der Waals surface area contributed by atoms with Gasteiger partial charge in [0.25, 0.3) is 0 Å². The molecule has 0 atom stereocenters. The lowest BCUT2D eigenvalue weighted by Crippen LogP contribution is -3.06. The maximum Gasteiger partial charge on any atom is 0.173 e. The second kappa shape index (κ2) is 6.41. The van der Waals surface area contributed by atoms with Gasteiger partial charge in [-0.1, -0.05) is 12.1 Å². The van der Waals surface area contributed by atoms with Crippen molar-refractivity contribution in [1.29, 1.82) is 0 Å². The summed E-state index contributed by atoms with van der Waals surface area (Å²) in [7, 11) is 4.30. The van der Waals surface area contributed by atoms with Gasteiger partial charge in [0.1, 0.15) is 0 Å². The molecule has 0 saturated heterocycles. The first-order valence-corrected chi connectivity index (χ1v) is 7.64. The van der Waals surface area contributed by atoms with Gasteiger partial charge in [-0.15, -0.1) is 11.8 Å². The Balaban J connectivity index is 1.99. The van der Waals surface area contributed by atoms with Gasteiger partial charge in [-0.05, 0) is 24.4 Å². The van der Waals surface area contributed by atoms with Crippen LogP contribution in [0.15, 0.2) is 29.2 Å². The lowest BCUT2D eigenvalue weighted by atomic mass is 10.3. The van der Waals surface area contributed by atoms with Gasteiger partial charge in [0, 0.05) is 17.2 Å². The Labute approximate surface area is 119 Å². The molecule has 0 radical (unpaired) electrons. The van der Waals surface area contributed by atoms with E-state index in [1.807, 2.05) is 11.8 Å². The van der Waals surface area contributed by atoms with Crippen molar-refractivity contribution in [3.63, 3.8) is 0 Å². The van der Waals surface area contributed by atoms with E-state index in [2.05, 4.69) is 48.6 Å². The maximum absolute atomic E-state index is 5.50. The Kier molecular flexibility index (Phi) is 4.86. The zero-order chi connectivity index (χ0) is 13.0. The summed E-state index contributed by atoms with van der Waals surface area (Å²) in [6.07, 6.45) is 0. The highest BCUT2D eigenvalue weighted by Gasteiger charge is 2.19. The van der Waals surface area contributed by atoms with Crippen molar-refractivity contribution in [3.8, 4) is 0 Å². The van der Waals surface area contributed by atoms with Crippen LogP contribution in [0.2, 0.25) is 0 Å². The summed E-state index contributed by atoms with van der Waals surface area (Å²) in [5.41, 5.74) is 1.24. The molecule has 98 valence electrons. The second-order valence-corrected chi connectivity index (χ2v) is 6.18. The molecule has 1 heterocycles. The van der Waals surface area contributed by atoms with Crippen molar-refractivity contribution >= 4 is 34.8 Å². The van der Waals surface area contributed by atoms with Crippen molar-refractivity contribution in [2.24, 2.45) is 0 Å². The van der Waals surface area contributed by atoms with Crippen LogP contribution in [0.25, 0.3) is 0 Å². The fourth-order valence-corrected chi connectivity index (χ4v) is 3.18. The number of likely N-dealkylation sites (N-methyl/N-ethyl adjacent to an activating group) is 1. The number of quaternary nitrogens is 1. The van der Waals surface area contributed by atoms with Gasteiger partial charge in [0.2, 0.25) is 0 Å². The Morgan fingerprint density at radius 1 is 1.44 bits per heavy atom.